The third-order valence-corrected chi connectivity index (χ3v) is 26.3. The lowest BCUT2D eigenvalue weighted by Crippen LogP contribution is -2.47. The van der Waals surface area contributed by atoms with Crippen molar-refractivity contribution in [3.8, 4) is 0 Å². The van der Waals surface area contributed by atoms with Crippen molar-refractivity contribution in [3.05, 3.63) is 83.5 Å². The van der Waals surface area contributed by atoms with E-state index in [9.17, 15) is 66.5 Å². The number of benzene rings is 1. The van der Waals surface area contributed by atoms with E-state index < -0.39 is 144 Å². The highest BCUT2D eigenvalue weighted by atomic mass is 32.2. The molecule has 8 N–H and O–H groups in total. The van der Waals surface area contributed by atoms with Crippen molar-refractivity contribution in [1.82, 2.24) is 41.7 Å². The van der Waals surface area contributed by atoms with Crippen molar-refractivity contribution in [1.29, 1.82) is 0 Å². The van der Waals surface area contributed by atoms with Gasteiger partial charge in [0.25, 0.3) is 11.8 Å². The van der Waals surface area contributed by atoms with Gasteiger partial charge in [0.15, 0.2) is 6.61 Å². The van der Waals surface area contributed by atoms with Gasteiger partial charge in [0.1, 0.15) is 42.5 Å². The molecule has 1 aromatic carbocycles. The van der Waals surface area contributed by atoms with Crippen molar-refractivity contribution in [2.75, 3.05) is 128 Å². The molecule has 5 rings (SSSR count). The molecule has 4 aliphatic heterocycles. The fourth-order valence-electron chi connectivity index (χ4n) is 15.9. The minimum atomic E-state index is -4.78. The maximum Gasteiger partial charge on any atom is 0.442 e. The number of fused-ring (bicyclic) bond motifs is 1. The molecule has 4 aliphatic rings. The van der Waals surface area contributed by atoms with E-state index in [2.05, 4.69) is 60.3 Å². The molecule has 2 fully saturated rings. The van der Waals surface area contributed by atoms with Crippen LogP contribution >= 0.6 is 11.8 Å². The minimum Gasteiger partial charge on any atom is -0.462 e. The highest BCUT2D eigenvalue weighted by Gasteiger charge is 2.65. The number of urea groups is 1. The molecule has 0 spiro atoms. The number of amides is 6. The number of aliphatic hydroxyl groups is 2. The van der Waals surface area contributed by atoms with Crippen molar-refractivity contribution >= 4 is 71.5 Å². The van der Waals surface area contributed by atoms with Crippen LogP contribution in [0.25, 0.3) is 0 Å². The van der Waals surface area contributed by atoms with Gasteiger partial charge < -0.3 is 94.3 Å². The summed E-state index contributed by atoms with van der Waals surface area (Å²) in [6.45, 7) is 20.8. The van der Waals surface area contributed by atoms with Crippen LogP contribution in [-0.2, 0) is 91.4 Å². The SMILES string of the molecule is COCC(C(=O)O[C@@H]1C/C=C/C=C/C(=O)O[C@H]([C@@H](C)[C@@H](O)[C@@H](C)CC[C@@H](OC(=O)[C@H](C)N(C)C)[C@H](C)[C@H](OC(C)=O)[C@H](C)CC=NOCC(=O)NCCCC[C@H](NC(=O)c2ccc(C3(C(F)(F)F)N=N3)cc2)C(=O)NCCCOCCOCCOCCCNC(=O)CCCC[C@@H]2SC[C@@H]3NC(=O)N[C@@H]32)C/C=C/[C@H](OC)C[C@H](C)C/C=C(\C)[C@@H](OC)CC[C@@H](C)[C@@H](O)[C@@H]1C)N(C)C. The van der Waals surface area contributed by atoms with E-state index in [1.54, 1.807) is 71.3 Å². The Morgan fingerprint density at radius 3 is 2.05 bits per heavy atom. The number of ether oxygens (including phenoxy) is 10. The number of oxime groups is 1. The number of alkyl halides is 3. The number of nitrogens with zero attached hydrogens (tertiary/aromatic N) is 5. The van der Waals surface area contributed by atoms with Crippen LogP contribution in [0.2, 0.25) is 0 Å². The number of unbranched alkanes of at least 4 members (excludes halogenated alkanes) is 2. The van der Waals surface area contributed by atoms with E-state index in [1.807, 2.05) is 72.4 Å². The molecule has 0 bridgehead atoms. The molecule has 0 radical (unpaired) electrons. The Morgan fingerprint density at radius 1 is 0.756 bits per heavy atom. The molecule has 21 atom stereocenters. The first-order chi connectivity index (χ1) is 62.4. The zero-order valence-electron chi connectivity index (χ0n) is 80.1. The van der Waals surface area contributed by atoms with Crippen LogP contribution in [0, 0.1) is 41.4 Å². The maximum atomic E-state index is 13.9. The third kappa shape index (κ3) is 40.6. The fourth-order valence-corrected chi connectivity index (χ4v) is 17.4. The number of likely N-dealkylation sites (N-methyl/N-ethyl adjacent to an activating group) is 2. The lowest BCUT2D eigenvalue weighted by atomic mass is 9.82. The van der Waals surface area contributed by atoms with E-state index in [0.717, 1.165) is 49.1 Å². The number of methoxy groups -OCH3 is 3. The first kappa shape index (κ1) is 114. The first-order valence-corrected chi connectivity index (χ1v) is 47.4. The van der Waals surface area contributed by atoms with Crippen LogP contribution < -0.4 is 31.9 Å². The number of hydrogen-bond donors (Lipinski definition) is 8. The maximum absolute atomic E-state index is 13.9. The molecule has 33 nitrogen and oxygen atoms in total. The number of esters is 4. The second-order valence-corrected chi connectivity index (χ2v) is 36.9. The number of carbonyl (C=O) groups is 9. The van der Waals surface area contributed by atoms with E-state index in [1.165, 1.54) is 44.5 Å². The summed E-state index contributed by atoms with van der Waals surface area (Å²) in [6, 6.07) is 2.41. The van der Waals surface area contributed by atoms with E-state index in [0.29, 0.717) is 96.0 Å². The van der Waals surface area contributed by atoms with Crippen molar-refractivity contribution in [2.45, 2.75) is 281 Å². The second kappa shape index (κ2) is 60.4. The van der Waals surface area contributed by atoms with Crippen LogP contribution in [0.3, 0.4) is 0 Å². The number of nitrogens with one attached hydrogen (secondary N) is 6. The van der Waals surface area contributed by atoms with Gasteiger partial charge in [-0.25, -0.2) is 9.59 Å². The summed E-state index contributed by atoms with van der Waals surface area (Å²) in [5.41, 5.74) is -1.89. The number of carbonyl (C=O) groups excluding carboxylic acids is 9. The zero-order valence-corrected chi connectivity index (χ0v) is 80.9. The monoisotopic (exact) mass is 1880 g/mol. The van der Waals surface area contributed by atoms with Crippen molar-refractivity contribution < 1.29 is 119 Å². The average molecular weight is 1880 g/mol. The molecular formula is C94H152F3N11O22S. The standard InChI is InChI=1S/C94H152F3N11O22S/c1-60-35-36-61(2)76(122-17)43-37-62(3)86(114)66(7)78(130-91(118)75(57-120-15)108(13)14)30-19-18-20-34-83(112)128-77(31-25-28-72(56-60)121-16)65(6)85(113)63(4)38-44-79(129-90(117)68(9)107(11)12)67(8)87(127-69(10)109)64(5)45-49-101-126-58-82(111)99-46-24-23-29-73(102-88(115)70-39-41-71(42-40-70)93(105-106-93)94(95,96)97)89(116)100-48-27-51-124-53-55-125-54-52-123-50-26-47-98-81(110)33-22-21-32-80-84-74(59-131-80)103-92(119)104-84/h18-20,25,28,34,36,39-42,49,60,62-68,72-80,84-87,113-114H,21-24,26-27,29-33,35,37-38,43-48,50-59H2,1-17H3,(H,98,110)(H,99,111)(H,100,116)(H,102,115)(H2,103,104,119)/b19-18+,28-25+,34-20+,61-36+,101-49?/t60-,62-,63+,64-,65-,66-,67+,68+,72+,73+,74+,75?,76+,77+,78-,79-,80+,84+,85+,86-,87-/m1/s1. The predicted molar refractivity (Wildman–Crippen MR) is 491 cm³/mol. The minimum absolute atomic E-state index is 0.00290. The van der Waals surface area contributed by atoms with Gasteiger partial charge in [-0.05, 0) is 173 Å². The van der Waals surface area contributed by atoms with Gasteiger partial charge in [-0.2, -0.15) is 24.9 Å². The lowest BCUT2D eigenvalue weighted by Gasteiger charge is -2.35. The van der Waals surface area contributed by atoms with Crippen LogP contribution in [0.1, 0.15) is 201 Å². The van der Waals surface area contributed by atoms with Crippen molar-refractivity contribution in [2.24, 2.45) is 56.8 Å². The van der Waals surface area contributed by atoms with Gasteiger partial charge in [-0.1, -0.05) is 109 Å². The molecule has 37 heteroatoms. The van der Waals surface area contributed by atoms with Crippen molar-refractivity contribution in [3.63, 3.8) is 0 Å². The summed E-state index contributed by atoms with van der Waals surface area (Å²) in [4.78, 5) is 127. The Kier molecular flexibility index (Phi) is 52.3. The molecule has 131 heavy (non-hydrogen) atoms. The summed E-state index contributed by atoms with van der Waals surface area (Å²) in [5, 5.41) is 52.1. The smallest absolute Gasteiger partial charge is 0.442 e. The van der Waals surface area contributed by atoms with Crippen LogP contribution in [-0.4, -0.2) is 298 Å². The Bertz CT molecular complexity index is 3800. The molecular weight excluding hydrogens is 1720 g/mol. The van der Waals surface area contributed by atoms with Gasteiger partial charge >= 0.3 is 41.7 Å². The summed E-state index contributed by atoms with van der Waals surface area (Å²) >= 11 is 1.86. The molecule has 4 heterocycles. The normalized spacial score (nSPS) is 25.1. The summed E-state index contributed by atoms with van der Waals surface area (Å²) in [5.74, 6) is -5.84. The highest BCUT2D eigenvalue weighted by molar-refractivity contribution is 8.00. The molecule has 6 amide bonds. The topological polar surface area (TPSA) is 411 Å². The molecule has 0 saturated carbocycles. The number of allylic oxidation sites excluding steroid dienone is 3. The Balaban J connectivity index is 1.13. The Hall–Kier alpha value is -7.98. The number of cyclic esters (lactones) is 1. The molecule has 1 aromatic rings. The fraction of sp³-hybridized carbons (Fsp3) is 0.745. The first-order valence-electron chi connectivity index (χ1n) is 46.3. The molecule has 742 valence electrons. The largest absolute Gasteiger partial charge is 0.462 e. The van der Waals surface area contributed by atoms with Gasteiger partial charge in [0.05, 0.1) is 69.5 Å². The predicted octanol–water partition coefficient (Wildman–Crippen LogP) is 10.6. The van der Waals surface area contributed by atoms with Crippen LogP contribution in [0.4, 0.5) is 18.0 Å². The summed E-state index contributed by atoms with van der Waals surface area (Å²) in [6.07, 6.45) is 12.0. The summed E-state index contributed by atoms with van der Waals surface area (Å²) in [7, 11) is 11.8. The van der Waals surface area contributed by atoms with Gasteiger partial charge in [-0.15, -0.1) is 10.2 Å². The van der Waals surface area contributed by atoms with Gasteiger partial charge in [0, 0.05) is 133 Å². The zero-order chi connectivity index (χ0) is 96.8. The second-order valence-electron chi connectivity index (χ2n) is 35.6. The van der Waals surface area contributed by atoms with Crippen LogP contribution in [0.5, 0.6) is 0 Å². The Labute approximate surface area is 777 Å². The number of rotatable bonds is 53. The number of hydrogen-bond acceptors (Lipinski definition) is 28. The quantitative estimate of drug-likeness (QED) is 0.00571. The molecule has 2 saturated heterocycles. The third-order valence-electron chi connectivity index (χ3n) is 24.8. The number of halogens is 3. The Morgan fingerprint density at radius 2 is 1.42 bits per heavy atom. The lowest BCUT2D eigenvalue weighted by molar-refractivity contribution is -0.167. The van der Waals surface area contributed by atoms with E-state index >= 15 is 0 Å². The number of thioether (sulfide) groups is 1. The highest BCUT2D eigenvalue weighted by Crippen LogP contribution is 2.52. The molecule has 0 aliphatic carbocycles. The number of aliphatic hydroxyl groups excluding tert-OH is 2. The average Bonchev–Trinajstić information content (AvgIpc) is 1.58. The molecule has 0 aromatic heterocycles. The van der Waals surface area contributed by atoms with Crippen LogP contribution in [0.15, 0.2) is 87.8 Å². The summed E-state index contributed by atoms with van der Waals surface area (Å²) < 4.78 is 100. The van der Waals surface area contributed by atoms with E-state index in [4.69, 9.17) is 52.2 Å². The van der Waals surface area contributed by atoms with E-state index in [-0.39, 0.29) is 124 Å². The van der Waals surface area contributed by atoms with Gasteiger partial charge in [-0.3, -0.25) is 43.4 Å². The molecule has 1 unspecified atom stereocenters. The van der Waals surface area contributed by atoms with Gasteiger partial charge in [0.2, 0.25) is 11.8 Å².